The molecule has 4 rings (SSSR count). The Kier molecular flexibility index (Phi) is 5.50. The maximum atomic E-state index is 13.2. The quantitative estimate of drug-likeness (QED) is 0.697. The van der Waals surface area contributed by atoms with Crippen molar-refractivity contribution in [3.8, 4) is 11.5 Å². The summed E-state index contributed by atoms with van der Waals surface area (Å²) in [4.78, 5) is 27.7. The van der Waals surface area contributed by atoms with Gasteiger partial charge in [0.25, 0.3) is 5.91 Å². The van der Waals surface area contributed by atoms with Crippen LogP contribution in [0.1, 0.15) is 35.0 Å². The third-order valence-corrected chi connectivity index (χ3v) is 5.45. The van der Waals surface area contributed by atoms with Gasteiger partial charge in [0.1, 0.15) is 11.5 Å². The second-order valence-electron chi connectivity index (χ2n) is 7.17. The van der Waals surface area contributed by atoms with Crippen LogP contribution in [0.4, 0.5) is 0 Å². The zero-order valence-corrected chi connectivity index (χ0v) is 16.8. The number of ketones is 1. The number of carbonyl (C=O) groups excluding carboxylic acids is 2. The fourth-order valence-electron chi connectivity index (χ4n) is 4.00. The van der Waals surface area contributed by atoms with Crippen LogP contribution in [0.5, 0.6) is 11.5 Å². The molecular formula is C22H23NO7. The molecule has 8 nitrogen and oxygen atoms in total. The molecule has 2 aliphatic heterocycles. The normalized spacial score (nSPS) is 21.4. The minimum absolute atomic E-state index is 0.0372. The molecule has 0 unspecified atom stereocenters. The Bertz CT molecular complexity index is 973. The lowest BCUT2D eigenvalue weighted by molar-refractivity contribution is -0.131. The number of methoxy groups -OCH3 is 2. The lowest BCUT2D eigenvalue weighted by atomic mass is 9.94. The molecule has 1 aromatic heterocycles. The minimum Gasteiger partial charge on any atom is -0.503 e. The summed E-state index contributed by atoms with van der Waals surface area (Å²) < 4.78 is 21.8. The van der Waals surface area contributed by atoms with Crippen LogP contribution in [0.3, 0.4) is 0 Å². The number of hydrogen-bond donors (Lipinski definition) is 1. The van der Waals surface area contributed by atoms with Gasteiger partial charge in [-0.15, -0.1) is 0 Å². The summed E-state index contributed by atoms with van der Waals surface area (Å²) in [6.45, 7) is 0.861. The second kappa shape index (κ2) is 8.23. The molecule has 158 valence electrons. The van der Waals surface area contributed by atoms with Gasteiger partial charge >= 0.3 is 0 Å². The first-order chi connectivity index (χ1) is 14.5. The van der Waals surface area contributed by atoms with Crippen LogP contribution in [0.25, 0.3) is 0 Å². The number of amides is 1. The molecule has 0 spiro atoms. The second-order valence-corrected chi connectivity index (χ2v) is 7.17. The molecule has 0 bridgehead atoms. The first-order valence-electron chi connectivity index (χ1n) is 9.71. The van der Waals surface area contributed by atoms with E-state index in [0.29, 0.717) is 23.7 Å². The fraction of sp³-hybridized carbons (Fsp3) is 0.364. The van der Waals surface area contributed by atoms with Crippen molar-refractivity contribution in [3.05, 3.63) is 59.3 Å². The summed E-state index contributed by atoms with van der Waals surface area (Å²) in [5.41, 5.74) is 0.474. The van der Waals surface area contributed by atoms with Crippen molar-refractivity contribution < 1.29 is 33.3 Å². The lowest BCUT2D eigenvalue weighted by Gasteiger charge is -2.29. The van der Waals surface area contributed by atoms with Crippen molar-refractivity contribution in [1.82, 2.24) is 4.90 Å². The molecule has 3 heterocycles. The van der Waals surface area contributed by atoms with E-state index >= 15 is 0 Å². The number of carbonyl (C=O) groups is 2. The predicted molar refractivity (Wildman–Crippen MR) is 106 cm³/mol. The van der Waals surface area contributed by atoms with Gasteiger partial charge in [-0.25, -0.2) is 0 Å². The molecule has 1 saturated heterocycles. The highest BCUT2D eigenvalue weighted by Crippen LogP contribution is 2.44. The van der Waals surface area contributed by atoms with Gasteiger partial charge in [0.05, 0.1) is 38.2 Å². The Morgan fingerprint density at radius 2 is 2.10 bits per heavy atom. The standard InChI is InChI=1S/C22H23NO7/c1-27-13-7-8-16(28-2)15(11-13)19-18(20(24)17-6-4-10-30-17)21(25)22(26)23(19)12-14-5-3-9-29-14/h4,6-8,10-11,14,19,25H,3,5,9,12H2,1-2H3/t14-,19-/m0/s1. The van der Waals surface area contributed by atoms with Crippen molar-refractivity contribution in [2.24, 2.45) is 0 Å². The molecule has 1 fully saturated rings. The number of ether oxygens (including phenoxy) is 3. The SMILES string of the molecule is COc1ccc(OC)c([C@H]2C(C(=O)c3ccco3)=C(O)C(=O)N2C[C@@H]2CCCO2)c1. The van der Waals surface area contributed by atoms with Gasteiger partial charge in [-0.1, -0.05) is 0 Å². The third-order valence-electron chi connectivity index (χ3n) is 5.45. The Morgan fingerprint density at radius 3 is 2.73 bits per heavy atom. The van der Waals surface area contributed by atoms with Gasteiger partial charge < -0.3 is 28.6 Å². The molecule has 2 aromatic rings. The first kappa shape index (κ1) is 20.0. The Labute approximate surface area is 173 Å². The summed E-state index contributed by atoms with van der Waals surface area (Å²) in [6.07, 6.45) is 2.90. The van der Waals surface area contributed by atoms with Crippen molar-refractivity contribution in [2.75, 3.05) is 27.4 Å². The lowest BCUT2D eigenvalue weighted by Crippen LogP contribution is -2.37. The monoisotopic (exact) mass is 413 g/mol. The van der Waals surface area contributed by atoms with E-state index < -0.39 is 23.5 Å². The maximum absolute atomic E-state index is 13.2. The van der Waals surface area contributed by atoms with Crippen LogP contribution in [0, 0.1) is 0 Å². The van der Waals surface area contributed by atoms with Gasteiger partial charge in [0.2, 0.25) is 5.78 Å². The Hall–Kier alpha value is -3.26. The average molecular weight is 413 g/mol. The number of Topliss-reactive ketones (excluding diaryl/α,β-unsaturated/α-hetero) is 1. The highest BCUT2D eigenvalue weighted by atomic mass is 16.5. The molecule has 0 radical (unpaired) electrons. The van der Waals surface area contributed by atoms with Gasteiger partial charge in [0, 0.05) is 18.7 Å². The largest absolute Gasteiger partial charge is 0.503 e. The molecule has 2 aliphatic rings. The van der Waals surface area contributed by atoms with Gasteiger partial charge in [-0.2, -0.15) is 0 Å². The Morgan fingerprint density at radius 1 is 1.27 bits per heavy atom. The molecule has 1 N–H and O–H groups in total. The topological polar surface area (TPSA) is 98.4 Å². The average Bonchev–Trinajstić information content (AvgIpc) is 3.52. The smallest absolute Gasteiger partial charge is 0.290 e. The molecule has 30 heavy (non-hydrogen) atoms. The molecule has 0 aliphatic carbocycles. The zero-order chi connectivity index (χ0) is 21.3. The number of nitrogens with zero attached hydrogens (tertiary/aromatic N) is 1. The number of rotatable bonds is 7. The molecule has 2 atom stereocenters. The zero-order valence-electron chi connectivity index (χ0n) is 16.8. The van der Waals surface area contributed by atoms with Crippen LogP contribution in [0.2, 0.25) is 0 Å². The number of furan rings is 1. The number of aliphatic hydroxyl groups excluding tert-OH is 1. The summed E-state index contributed by atoms with van der Waals surface area (Å²) in [7, 11) is 3.03. The number of benzene rings is 1. The van der Waals surface area contributed by atoms with Crippen LogP contribution in [-0.4, -0.2) is 55.2 Å². The first-order valence-corrected chi connectivity index (χ1v) is 9.71. The van der Waals surface area contributed by atoms with E-state index in [2.05, 4.69) is 0 Å². The summed E-state index contributed by atoms with van der Waals surface area (Å²) in [6, 6.07) is 7.33. The third kappa shape index (κ3) is 3.43. The van der Waals surface area contributed by atoms with Crippen molar-refractivity contribution in [3.63, 3.8) is 0 Å². The van der Waals surface area contributed by atoms with Crippen molar-refractivity contribution in [1.29, 1.82) is 0 Å². The van der Waals surface area contributed by atoms with Gasteiger partial charge in [0.15, 0.2) is 11.5 Å². The number of aliphatic hydroxyl groups is 1. The highest BCUT2D eigenvalue weighted by molar-refractivity contribution is 6.15. The van der Waals surface area contributed by atoms with E-state index in [1.165, 1.54) is 31.4 Å². The molecule has 0 saturated carbocycles. The van der Waals surface area contributed by atoms with Crippen molar-refractivity contribution >= 4 is 11.7 Å². The Balaban J connectivity index is 1.83. The number of hydrogen-bond acceptors (Lipinski definition) is 7. The van der Waals surface area contributed by atoms with E-state index in [-0.39, 0.29) is 24.0 Å². The van der Waals surface area contributed by atoms with E-state index in [4.69, 9.17) is 18.6 Å². The van der Waals surface area contributed by atoms with E-state index in [1.807, 2.05) is 0 Å². The minimum atomic E-state index is -0.871. The maximum Gasteiger partial charge on any atom is 0.290 e. The molecule has 8 heteroatoms. The van der Waals surface area contributed by atoms with Crippen LogP contribution in [0.15, 0.2) is 52.3 Å². The molecular weight excluding hydrogens is 390 g/mol. The predicted octanol–water partition coefficient (Wildman–Crippen LogP) is 3.05. The molecule has 1 aromatic carbocycles. The molecule has 1 amide bonds. The highest BCUT2D eigenvalue weighted by Gasteiger charge is 2.46. The van der Waals surface area contributed by atoms with Crippen molar-refractivity contribution in [2.45, 2.75) is 25.0 Å². The van der Waals surface area contributed by atoms with Gasteiger partial charge in [-0.3, -0.25) is 9.59 Å². The van der Waals surface area contributed by atoms with E-state index in [1.54, 1.807) is 24.3 Å². The summed E-state index contributed by atoms with van der Waals surface area (Å²) in [5.74, 6) is -0.748. The van der Waals surface area contributed by atoms with E-state index in [9.17, 15) is 14.7 Å². The summed E-state index contributed by atoms with van der Waals surface area (Å²) in [5, 5.41) is 10.7. The van der Waals surface area contributed by atoms with Gasteiger partial charge in [-0.05, 0) is 43.2 Å². The van der Waals surface area contributed by atoms with Crippen LogP contribution < -0.4 is 9.47 Å². The van der Waals surface area contributed by atoms with Crippen LogP contribution in [-0.2, 0) is 9.53 Å². The van der Waals surface area contributed by atoms with E-state index in [0.717, 1.165) is 12.8 Å². The summed E-state index contributed by atoms with van der Waals surface area (Å²) >= 11 is 0. The van der Waals surface area contributed by atoms with Crippen LogP contribution >= 0.6 is 0 Å². The fourth-order valence-corrected chi connectivity index (χ4v) is 4.00.